The number of para-hydroxylation sites is 1. The number of fused-ring (bicyclic) bond motifs is 6. The fourth-order valence-electron chi connectivity index (χ4n) is 6.11. The van der Waals surface area contributed by atoms with Gasteiger partial charge in [0.1, 0.15) is 0 Å². The van der Waals surface area contributed by atoms with Crippen LogP contribution in [0.5, 0.6) is 0 Å². The molecule has 0 N–H and O–H groups in total. The van der Waals surface area contributed by atoms with E-state index in [4.69, 9.17) is 19.3 Å². The summed E-state index contributed by atoms with van der Waals surface area (Å²) in [6.45, 7) is 8.34. The van der Waals surface area contributed by atoms with Crippen LogP contribution in [0.1, 0.15) is 27.7 Å². The average Bonchev–Trinajstić information content (AvgIpc) is 3.45. The first-order valence-electron chi connectivity index (χ1n) is 14.4. The van der Waals surface area contributed by atoms with E-state index in [9.17, 15) is 0 Å². The second-order valence-corrected chi connectivity index (χ2v) is 12.1. The second kappa shape index (κ2) is 8.99. The molecule has 0 atom stereocenters. The molecule has 3 heterocycles. The van der Waals surface area contributed by atoms with Crippen molar-refractivity contribution >= 4 is 56.1 Å². The van der Waals surface area contributed by atoms with Crippen molar-refractivity contribution in [2.75, 3.05) is 0 Å². The minimum absolute atomic E-state index is 0.429. The molecule has 6 heteroatoms. The Morgan fingerprint density at radius 3 is 2.07 bits per heavy atom. The van der Waals surface area contributed by atoms with Crippen LogP contribution in [0.3, 0.4) is 0 Å². The summed E-state index contributed by atoms with van der Waals surface area (Å²) < 4.78 is 15.1. The summed E-state index contributed by atoms with van der Waals surface area (Å²) in [5, 5.41) is 5.64. The number of nitrogens with zero attached hydrogens (tertiary/aromatic N) is 3. The topological polar surface area (TPSA) is 49.2 Å². The van der Waals surface area contributed by atoms with Crippen LogP contribution in [0.15, 0.2) is 109 Å². The molecule has 0 spiro atoms. The van der Waals surface area contributed by atoms with Gasteiger partial charge in [0.2, 0.25) is 5.95 Å². The summed E-state index contributed by atoms with van der Waals surface area (Å²) in [4.78, 5) is 10.5. The summed E-state index contributed by atoms with van der Waals surface area (Å²) in [5.41, 5.74) is 5.08. The lowest BCUT2D eigenvalue weighted by molar-refractivity contribution is 0.00578. The van der Waals surface area contributed by atoms with Gasteiger partial charge in [-0.15, -0.1) is 0 Å². The van der Waals surface area contributed by atoms with Crippen molar-refractivity contribution in [2.45, 2.75) is 38.9 Å². The molecule has 0 radical (unpaired) electrons. The van der Waals surface area contributed by atoms with Crippen molar-refractivity contribution in [3.05, 3.63) is 109 Å². The van der Waals surface area contributed by atoms with Crippen molar-refractivity contribution in [1.29, 1.82) is 0 Å². The molecule has 0 aliphatic carbocycles. The van der Waals surface area contributed by atoms with E-state index in [1.807, 2.05) is 18.2 Å². The van der Waals surface area contributed by atoms with E-state index >= 15 is 0 Å². The van der Waals surface area contributed by atoms with Gasteiger partial charge in [0.15, 0.2) is 0 Å². The van der Waals surface area contributed by atoms with E-state index in [2.05, 4.69) is 123 Å². The summed E-state index contributed by atoms with van der Waals surface area (Å²) in [5.74, 6) is 0.634. The first-order valence-corrected chi connectivity index (χ1v) is 14.4. The summed E-state index contributed by atoms with van der Waals surface area (Å²) in [7, 11) is -0.472. The Kier molecular flexibility index (Phi) is 5.40. The normalized spacial score (nSPS) is 16.2. The smallest absolute Gasteiger partial charge is 0.399 e. The third-order valence-electron chi connectivity index (χ3n) is 9.04. The molecule has 0 unspecified atom stereocenters. The van der Waals surface area contributed by atoms with Crippen LogP contribution < -0.4 is 5.46 Å². The highest BCUT2D eigenvalue weighted by Crippen LogP contribution is 2.39. The fraction of sp³-hybridized carbons (Fsp3) is 0.167. The molecule has 42 heavy (non-hydrogen) atoms. The number of rotatable bonds is 3. The van der Waals surface area contributed by atoms with Gasteiger partial charge in [-0.3, -0.25) is 4.57 Å². The molecule has 0 saturated carbocycles. The van der Waals surface area contributed by atoms with Gasteiger partial charge in [0, 0.05) is 27.1 Å². The minimum atomic E-state index is -0.472. The number of aromatic nitrogens is 3. The lowest BCUT2D eigenvalue weighted by Gasteiger charge is -2.32. The van der Waals surface area contributed by atoms with Crippen molar-refractivity contribution in [2.24, 2.45) is 0 Å². The van der Waals surface area contributed by atoms with Gasteiger partial charge in [-0.2, -0.15) is 0 Å². The second-order valence-electron chi connectivity index (χ2n) is 12.1. The average molecular weight is 547 g/mol. The predicted octanol–water partition coefficient (Wildman–Crippen LogP) is 7.85. The molecule has 1 fully saturated rings. The van der Waals surface area contributed by atoms with E-state index in [1.54, 1.807) is 0 Å². The predicted molar refractivity (Wildman–Crippen MR) is 173 cm³/mol. The van der Waals surface area contributed by atoms with Gasteiger partial charge >= 0.3 is 7.12 Å². The van der Waals surface area contributed by atoms with Crippen LogP contribution >= 0.6 is 0 Å². The molecular weight excluding hydrogens is 517 g/mol. The maximum absolute atomic E-state index is 6.46. The largest absolute Gasteiger partial charge is 0.494 e. The highest BCUT2D eigenvalue weighted by molar-refractivity contribution is 6.62. The Hall–Kier alpha value is -4.52. The molecule has 0 amide bonds. The Bertz CT molecular complexity index is 2150. The zero-order valence-electron chi connectivity index (χ0n) is 24.1. The van der Waals surface area contributed by atoms with Crippen molar-refractivity contribution < 1.29 is 9.31 Å². The SMILES string of the molecule is CC1(C)OB(c2ccc3c4ccc5ccccc5c4n(-c4nc(-c5ccccc5)c5ccccc5n4)c3c2)OC1(C)C. The summed E-state index contributed by atoms with van der Waals surface area (Å²) >= 11 is 0. The van der Waals surface area contributed by atoms with Crippen LogP contribution in [0.25, 0.3) is 60.7 Å². The molecule has 0 bridgehead atoms. The third-order valence-corrected chi connectivity index (χ3v) is 9.04. The van der Waals surface area contributed by atoms with Gasteiger partial charge in [-0.05, 0) is 50.7 Å². The Morgan fingerprint density at radius 1 is 0.619 bits per heavy atom. The highest BCUT2D eigenvalue weighted by atomic mass is 16.7. The van der Waals surface area contributed by atoms with Crippen LogP contribution in [0.2, 0.25) is 0 Å². The number of hydrogen-bond acceptors (Lipinski definition) is 4. The fourth-order valence-corrected chi connectivity index (χ4v) is 6.11. The molecule has 5 nitrogen and oxygen atoms in total. The number of hydrogen-bond donors (Lipinski definition) is 0. The van der Waals surface area contributed by atoms with Gasteiger partial charge in [0.25, 0.3) is 0 Å². The lowest BCUT2D eigenvalue weighted by atomic mass is 9.79. The molecule has 204 valence electrons. The minimum Gasteiger partial charge on any atom is -0.399 e. The monoisotopic (exact) mass is 547 g/mol. The van der Waals surface area contributed by atoms with Crippen molar-refractivity contribution in [3.63, 3.8) is 0 Å². The van der Waals surface area contributed by atoms with Crippen LogP contribution in [0.4, 0.5) is 0 Å². The third kappa shape index (κ3) is 3.72. The first-order chi connectivity index (χ1) is 20.3. The van der Waals surface area contributed by atoms with Crippen LogP contribution in [-0.2, 0) is 9.31 Å². The Balaban J connectivity index is 1.46. The lowest BCUT2D eigenvalue weighted by Crippen LogP contribution is -2.41. The van der Waals surface area contributed by atoms with Crippen molar-refractivity contribution in [1.82, 2.24) is 14.5 Å². The highest BCUT2D eigenvalue weighted by Gasteiger charge is 2.51. The van der Waals surface area contributed by atoms with Crippen LogP contribution in [-0.4, -0.2) is 32.9 Å². The van der Waals surface area contributed by atoms with Gasteiger partial charge in [-0.1, -0.05) is 97.1 Å². The van der Waals surface area contributed by atoms with Gasteiger partial charge < -0.3 is 9.31 Å². The van der Waals surface area contributed by atoms with E-state index < -0.39 is 18.3 Å². The molecule has 1 saturated heterocycles. The molecular formula is C36H30BN3O2. The maximum atomic E-state index is 6.46. The van der Waals surface area contributed by atoms with E-state index in [1.165, 1.54) is 5.39 Å². The standard InChI is InChI=1S/C36H30BN3O2/c1-35(2)36(3,4)42-37(41-35)25-19-21-27-28-20-18-23-12-8-9-15-26(23)33(28)40(31(27)22-25)34-38-30-17-11-10-16-29(30)32(39-34)24-13-6-5-7-14-24/h5-22H,1-4H3. The summed E-state index contributed by atoms with van der Waals surface area (Å²) in [6.07, 6.45) is 0. The Labute approximate surface area is 244 Å². The van der Waals surface area contributed by atoms with E-state index in [-0.39, 0.29) is 0 Å². The van der Waals surface area contributed by atoms with Gasteiger partial charge in [-0.25, -0.2) is 9.97 Å². The molecule has 1 aliphatic heterocycles. The van der Waals surface area contributed by atoms with Crippen LogP contribution in [0, 0.1) is 0 Å². The maximum Gasteiger partial charge on any atom is 0.494 e. The number of benzene rings is 5. The zero-order chi connectivity index (χ0) is 28.6. The molecule has 2 aromatic heterocycles. The van der Waals surface area contributed by atoms with E-state index in [0.717, 1.165) is 54.8 Å². The Morgan fingerprint density at radius 2 is 1.29 bits per heavy atom. The molecule has 1 aliphatic rings. The zero-order valence-corrected chi connectivity index (χ0v) is 24.1. The molecule has 7 aromatic rings. The first kappa shape index (κ1) is 25.2. The summed E-state index contributed by atoms with van der Waals surface area (Å²) in [6, 6.07) is 38.0. The molecule has 8 rings (SSSR count). The molecule has 5 aromatic carbocycles. The van der Waals surface area contributed by atoms with Gasteiger partial charge in [0.05, 0.1) is 33.4 Å². The quantitative estimate of drug-likeness (QED) is 0.212. The van der Waals surface area contributed by atoms with Crippen molar-refractivity contribution in [3.8, 4) is 17.2 Å². The van der Waals surface area contributed by atoms with E-state index in [0.29, 0.717) is 5.95 Å².